The van der Waals surface area contributed by atoms with Crippen molar-refractivity contribution >= 4 is 125 Å². The van der Waals surface area contributed by atoms with Crippen molar-refractivity contribution in [3.8, 4) is 17.2 Å². The lowest BCUT2D eigenvalue weighted by Crippen LogP contribution is -2.47. The van der Waals surface area contributed by atoms with Gasteiger partial charge in [0.05, 0.1) is 34.5 Å². The van der Waals surface area contributed by atoms with Crippen molar-refractivity contribution in [1.82, 2.24) is 10.6 Å². The first-order valence-electron chi connectivity index (χ1n) is 9.23. The molecule has 0 heterocycles. The van der Waals surface area contributed by atoms with Crippen molar-refractivity contribution in [3.63, 3.8) is 0 Å². The molecule has 0 aromatic heterocycles. The second kappa shape index (κ2) is 15.2. The van der Waals surface area contributed by atoms with E-state index in [9.17, 15) is 19.5 Å². The zero-order valence-electron chi connectivity index (χ0n) is 17.5. The Kier molecular flexibility index (Phi) is 14.2. The Morgan fingerprint density at radius 1 is 1.00 bits per heavy atom. The molecule has 0 radical (unpaired) electrons. The number of carbonyl (C=O) groups excluding carboxylic acids is 3. The number of nitrogens with two attached hydrogens (primary N) is 1. The molecule has 1 unspecified atom stereocenters. The van der Waals surface area contributed by atoms with Gasteiger partial charge in [0.25, 0.3) is 0 Å². The SMILES string of the molecule is Br.COC(=O)C(Cc1cc(I)c(Oc2cc(I)c(O)c(I)c2)c(I)c1)NC(=O)CNC(=O)CN. The molecule has 5 N–H and O–H groups in total. The summed E-state index contributed by atoms with van der Waals surface area (Å²) in [6.07, 6.45) is 0.185. The van der Waals surface area contributed by atoms with E-state index in [1.54, 1.807) is 12.1 Å². The third-order valence-corrected chi connectivity index (χ3v) is 7.41. The number of benzene rings is 2. The molecule has 2 rings (SSSR count). The number of rotatable bonds is 9. The van der Waals surface area contributed by atoms with E-state index in [1.165, 1.54) is 7.11 Å². The fourth-order valence-corrected chi connectivity index (χ4v) is 6.44. The van der Waals surface area contributed by atoms with Crippen LogP contribution in [0.5, 0.6) is 17.2 Å². The van der Waals surface area contributed by atoms with E-state index in [2.05, 4.69) is 55.8 Å². The van der Waals surface area contributed by atoms with Gasteiger partial charge in [-0.2, -0.15) is 0 Å². The van der Waals surface area contributed by atoms with Gasteiger partial charge in [0.1, 0.15) is 17.5 Å². The summed E-state index contributed by atoms with van der Waals surface area (Å²) in [6.45, 7) is -0.531. The van der Waals surface area contributed by atoms with Gasteiger partial charge in [-0.1, -0.05) is 0 Å². The molecule has 0 aliphatic heterocycles. The number of nitrogens with one attached hydrogen (secondary N) is 2. The van der Waals surface area contributed by atoms with E-state index in [0.29, 0.717) is 18.6 Å². The van der Waals surface area contributed by atoms with Crippen LogP contribution in [0.25, 0.3) is 0 Å². The maximum Gasteiger partial charge on any atom is 0.328 e. The summed E-state index contributed by atoms with van der Waals surface area (Å²) in [5.74, 6) is -0.177. The molecule has 0 saturated carbocycles. The van der Waals surface area contributed by atoms with Crippen LogP contribution in [-0.4, -0.2) is 49.1 Å². The lowest BCUT2D eigenvalue weighted by molar-refractivity contribution is -0.145. The van der Waals surface area contributed by atoms with E-state index in [0.717, 1.165) is 12.7 Å². The molecule has 1 atom stereocenters. The first-order chi connectivity index (χ1) is 15.5. The number of halogens is 5. The van der Waals surface area contributed by atoms with Gasteiger partial charge >= 0.3 is 5.97 Å². The molecule has 0 bridgehead atoms. The summed E-state index contributed by atoms with van der Waals surface area (Å²) in [6, 6.07) is 6.25. The van der Waals surface area contributed by atoms with Gasteiger partial charge in [0.15, 0.2) is 5.75 Å². The number of phenols is 1. The van der Waals surface area contributed by atoms with Gasteiger partial charge in [0, 0.05) is 6.42 Å². The topological polar surface area (TPSA) is 140 Å². The van der Waals surface area contributed by atoms with Crippen LogP contribution in [0.3, 0.4) is 0 Å². The zero-order valence-corrected chi connectivity index (χ0v) is 27.8. The van der Waals surface area contributed by atoms with Crippen LogP contribution < -0.4 is 21.1 Å². The minimum absolute atomic E-state index is 0. The highest BCUT2D eigenvalue weighted by Gasteiger charge is 2.23. The van der Waals surface area contributed by atoms with Gasteiger partial charge in [-0.3, -0.25) is 9.59 Å². The highest BCUT2D eigenvalue weighted by molar-refractivity contribution is 14.1. The largest absolute Gasteiger partial charge is 0.506 e. The molecule has 34 heavy (non-hydrogen) atoms. The number of methoxy groups -OCH3 is 1. The molecule has 9 nitrogen and oxygen atoms in total. The van der Waals surface area contributed by atoms with Crippen molar-refractivity contribution in [3.05, 3.63) is 44.1 Å². The lowest BCUT2D eigenvalue weighted by atomic mass is 10.1. The molecule has 0 spiro atoms. The Balaban J connectivity index is 0.00000578. The third-order valence-electron chi connectivity index (χ3n) is 4.16. The first kappa shape index (κ1) is 31.8. The van der Waals surface area contributed by atoms with Crippen molar-refractivity contribution in [2.75, 3.05) is 20.2 Å². The predicted octanol–water partition coefficient (Wildman–Crippen LogP) is 3.46. The first-order valence-corrected chi connectivity index (χ1v) is 13.5. The van der Waals surface area contributed by atoms with Crippen molar-refractivity contribution in [2.24, 2.45) is 5.73 Å². The Labute approximate surface area is 261 Å². The maximum absolute atomic E-state index is 12.2. The average Bonchev–Trinajstić information content (AvgIpc) is 2.77. The van der Waals surface area contributed by atoms with E-state index < -0.39 is 23.8 Å². The highest BCUT2D eigenvalue weighted by atomic mass is 127. The Hall–Kier alpha value is -0.190. The van der Waals surface area contributed by atoms with Crippen molar-refractivity contribution in [2.45, 2.75) is 12.5 Å². The van der Waals surface area contributed by atoms with Crippen LogP contribution in [-0.2, 0) is 25.5 Å². The third kappa shape index (κ3) is 9.36. The number of ether oxygens (including phenoxy) is 2. The number of carbonyl (C=O) groups is 3. The molecule has 2 amide bonds. The number of phenolic OH excluding ortho intramolecular Hbond substituents is 1. The van der Waals surface area contributed by atoms with Crippen molar-refractivity contribution in [1.29, 1.82) is 0 Å². The van der Waals surface area contributed by atoms with Crippen LogP contribution in [0.1, 0.15) is 5.56 Å². The molecule has 0 aliphatic rings. The minimum atomic E-state index is -0.934. The summed E-state index contributed by atoms with van der Waals surface area (Å²) in [4.78, 5) is 35.6. The number of amides is 2. The molecular formula is C20H20BrI4N3O6. The highest BCUT2D eigenvalue weighted by Crippen LogP contribution is 2.37. The molecule has 0 saturated heterocycles. The summed E-state index contributed by atoms with van der Waals surface area (Å²) in [5.41, 5.74) is 5.99. The number of hydrogen-bond acceptors (Lipinski definition) is 7. The molecule has 2 aromatic carbocycles. The van der Waals surface area contributed by atoms with Crippen LogP contribution in [0.2, 0.25) is 0 Å². The van der Waals surface area contributed by atoms with Gasteiger partial charge in [-0.05, 0) is 120 Å². The second-order valence-electron chi connectivity index (χ2n) is 6.55. The van der Waals surface area contributed by atoms with Gasteiger partial charge in [-0.25, -0.2) is 4.79 Å². The summed E-state index contributed by atoms with van der Waals surface area (Å²) in [7, 11) is 1.24. The fourth-order valence-electron chi connectivity index (χ4n) is 2.61. The van der Waals surface area contributed by atoms with E-state index in [4.69, 9.17) is 15.2 Å². The summed E-state index contributed by atoms with van der Waals surface area (Å²) >= 11 is 8.36. The van der Waals surface area contributed by atoms with Gasteiger partial charge < -0.3 is 30.9 Å². The zero-order chi connectivity index (χ0) is 24.7. The number of hydrogen-bond donors (Lipinski definition) is 4. The molecule has 186 valence electrons. The van der Waals surface area contributed by atoms with Crippen molar-refractivity contribution < 1.29 is 29.0 Å². The Morgan fingerprint density at radius 3 is 2.06 bits per heavy atom. The van der Waals surface area contributed by atoms with E-state index >= 15 is 0 Å². The minimum Gasteiger partial charge on any atom is -0.506 e. The second-order valence-corrected chi connectivity index (χ2v) is 11.2. The quantitative estimate of drug-likeness (QED) is 0.223. The summed E-state index contributed by atoms with van der Waals surface area (Å²) in [5, 5.41) is 14.9. The monoisotopic (exact) mass is 985 g/mol. The predicted molar refractivity (Wildman–Crippen MR) is 166 cm³/mol. The van der Waals surface area contributed by atoms with Crippen LogP contribution in [0.15, 0.2) is 24.3 Å². The Bertz CT molecular complexity index is 1030. The Morgan fingerprint density at radius 2 is 1.56 bits per heavy atom. The van der Waals surface area contributed by atoms with E-state index in [1.807, 2.05) is 57.3 Å². The van der Waals surface area contributed by atoms with Crippen LogP contribution in [0, 0.1) is 14.3 Å². The molecule has 0 aliphatic carbocycles. The number of aromatic hydroxyl groups is 1. The molecule has 14 heteroatoms. The fraction of sp³-hybridized carbons (Fsp3) is 0.250. The normalized spacial score (nSPS) is 11.1. The lowest BCUT2D eigenvalue weighted by Gasteiger charge is -2.18. The maximum atomic E-state index is 12.2. The average molecular weight is 986 g/mol. The van der Waals surface area contributed by atoms with Gasteiger partial charge in [-0.15, -0.1) is 17.0 Å². The molecule has 0 fully saturated rings. The number of esters is 1. The van der Waals surface area contributed by atoms with Crippen LogP contribution >= 0.6 is 107 Å². The van der Waals surface area contributed by atoms with Crippen LogP contribution in [0.4, 0.5) is 0 Å². The smallest absolute Gasteiger partial charge is 0.328 e. The molecular weight excluding hydrogens is 966 g/mol. The van der Waals surface area contributed by atoms with E-state index in [-0.39, 0.29) is 42.2 Å². The molecule has 2 aromatic rings. The van der Waals surface area contributed by atoms with Gasteiger partial charge in [0.2, 0.25) is 11.8 Å². The summed E-state index contributed by atoms with van der Waals surface area (Å²) < 4.78 is 13.8. The standard InChI is InChI=1S/C20H19I4N3O6.BrH/c1-32-20(31)15(27-17(29)8-26-16(28)7-25)4-9-2-13(23)19(14(24)3-9)33-10-5-11(21)18(30)12(22)6-10;/h2-3,5-6,15,30H,4,7-8,25H2,1H3,(H,26,28)(H,27,29);1H.